The molecule has 37 heavy (non-hydrogen) atoms. The highest BCUT2D eigenvalue weighted by Crippen LogP contribution is 2.38. The molecule has 4 rings (SSSR count). The van der Waals surface area contributed by atoms with Crippen molar-refractivity contribution in [3.05, 3.63) is 88.9 Å². The molecule has 0 bridgehead atoms. The lowest BCUT2D eigenvalue weighted by Crippen LogP contribution is -2.40. The van der Waals surface area contributed by atoms with Crippen molar-refractivity contribution in [3.63, 3.8) is 0 Å². The third-order valence-corrected chi connectivity index (χ3v) is 6.52. The molecule has 0 saturated carbocycles. The first kappa shape index (κ1) is 26.4. The van der Waals surface area contributed by atoms with Crippen LogP contribution in [-0.2, 0) is 14.4 Å². The van der Waals surface area contributed by atoms with Crippen LogP contribution in [-0.4, -0.2) is 48.6 Å². The molecule has 9 heteroatoms. The van der Waals surface area contributed by atoms with E-state index in [0.29, 0.717) is 33.0 Å². The van der Waals surface area contributed by atoms with E-state index in [0.717, 1.165) is 16.8 Å². The maximum absolute atomic E-state index is 13.0. The Morgan fingerprint density at radius 3 is 2.32 bits per heavy atom. The highest BCUT2D eigenvalue weighted by Gasteiger charge is 2.28. The number of hydrogen-bond donors (Lipinski definition) is 2. The van der Waals surface area contributed by atoms with Crippen LogP contribution < -0.4 is 15.5 Å². The number of nitrogens with one attached hydrogen (secondary N) is 2. The van der Waals surface area contributed by atoms with Crippen molar-refractivity contribution >= 4 is 73.6 Å². The van der Waals surface area contributed by atoms with Crippen molar-refractivity contribution in [1.82, 2.24) is 4.90 Å². The Kier molecular flexibility index (Phi) is 8.31. The molecule has 3 aromatic rings. The number of likely N-dealkylation sites (N-methyl/N-ethyl adjacent to an activating group) is 1. The van der Waals surface area contributed by atoms with Gasteiger partial charge in [0.1, 0.15) is 6.54 Å². The number of alkyl halides is 1. The molecule has 1 aliphatic heterocycles. The van der Waals surface area contributed by atoms with Gasteiger partial charge >= 0.3 is 0 Å². The van der Waals surface area contributed by atoms with Gasteiger partial charge in [-0.25, -0.2) is 0 Å². The summed E-state index contributed by atoms with van der Waals surface area (Å²) in [6.07, 6.45) is 0.267. The van der Waals surface area contributed by atoms with E-state index in [1.165, 1.54) is 9.80 Å². The molecule has 0 atom stereocenters. The minimum atomic E-state index is -0.228. The second-order valence-corrected chi connectivity index (χ2v) is 9.87. The highest BCUT2D eigenvalue weighted by molar-refractivity contribution is 9.09. The van der Waals surface area contributed by atoms with Crippen LogP contribution in [0.3, 0.4) is 0 Å². The second-order valence-electron chi connectivity index (χ2n) is 8.64. The summed E-state index contributed by atoms with van der Waals surface area (Å²) in [7, 11) is 3.32. The second kappa shape index (κ2) is 11.6. The average molecular weight is 582 g/mol. The minimum absolute atomic E-state index is 0.0512. The Hall–Kier alpha value is -3.62. The maximum atomic E-state index is 13.0. The number of carbonyl (C=O) groups excluding carboxylic acids is 3. The largest absolute Gasteiger partial charge is 0.354 e. The Labute approximate surface area is 229 Å². The van der Waals surface area contributed by atoms with E-state index in [9.17, 15) is 14.4 Å². The quantitative estimate of drug-likeness (QED) is 0.273. The molecule has 0 unspecified atom stereocenters. The number of amides is 3. The first-order chi connectivity index (χ1) is 17.8. The summed E-state index contributed by atoms with van der Waals surface area (Å²) in [4.78, 5) is 41.1. The molecule has 1 heterocycles. The van der Waals surface area contributed by atoms with Crippen LogP contribution in [0.5, 0.6) is 0 Å². The summed E-state index contributed by atoms with van der Waals surface area (Å²) < 4.78 is 0. The Bertz CT molecular complexity index is 1360. The topological polar surface area (TPSA) is 81.8 Å². The summed E-state index contributed by atoms with van der Waals surface area (Å²) in [5.41, 5.74) is 4.73. The summed E-state index contributed by atoms with van der Waals surface area (Å²) >= 11 is 9.44. The van der Waals surface area contributed by atoms with Gasteiger partial charge in [-0.3, -0.25) is 14.4 Å². The van der Waals surface area contributed by atoms with Crippen molar-refractivity contribution in [1.29, 1.82) is 0 Å². The smallest absolute Gasteiger partial charge is 0.258 e. The van der Waals surface area contributed by atoms with Gasteiger partial charge in [-0.2, -0.15) is 0 Å². The number of halogens is 2. The van der Waals surface area contributed by atoms with Crippen molar-refractivity contribution in [3.8, 4) is 0 Å². The van der Waals surface area contributed by atoms with Gasteiger partial charge in [0.05, 0.1) is 17.0 Å². The van der Waals surface area contributed by atoms with Gasteiger partial charge in [-0.05, 0) is 42.0 Å². The number of carbonyl (C=O) groups is 3. The highest BCUT2D eigenvalue weighted by atomic mass is 79.9. The number of nitrogens with zero attached hydrogens (tertiary/aromatic N) is 2. The molecular weight excluding hydrogens is 556 g/mol. The third-order valence-electron chi connectivity index (χ3n) is 5.89. The molecule has 1 aliphatic rings. The van der Waals surface area contributed by atoms with Crippen LogP contribution in [0.4, 0.5) is 17.1 Å². The standard InChI is InChI=1S/C28H26BrClN4O3/c1-33(2)25(36)17-34(24(35)14-15-29)21-11-9-20(10-12-21)31-27(18-6-4-3-5-7-18)26-22-13-8-19(30)16-23(22)32-28(26)37/h3-13,16,31H,14-15,17H2,1-2H3,(H,32,37)/b27-26-. The van der Waals surface area contributed by atoms with E-state index < -0.39 is 0 Å². The molecule has 0 saturated heterocycles. The van der Waals surface area contributed by atoms with Crippen molar-refractivity contribution in [2.45, 2.75) is 6.42 Å². The van der Waals surface area contributed by atoms with Crippen molar-refractivity contribution in [2.75, 3.05) is 41.5 Å². The summed E-state index contributed by atoms with van der Waals surface area (Å²) in [6.45, 7) is -0.0512. The molecule has 0 aliphatic carbocycles. The van der Waals surface area contributed by atoms with Gasteiger partial charge in [0, 0.05) is 47.8 Å². The van der Waals surface area contributed by atoms with Gasteiger partial charge in [0.15, 0.2) is 0 Å². The lowest BCUT2D eigenvalue weighted by atomic mass is 10.00. The number of benzene rings is 3. The van der Waals surface area contributed by atoms with E-state index in [1.54, 1.807) is 38.4 Å². The molecule has 0 radical (unpaired) electrons. The molecule has 2 N–H and O–H groups in total. The van der Waals surface area contributed by atoms with Gasteiger partial charge < -0.3 is 20.4 Å². The van der Waals surface area contributed by atoms with E-state index in [-0.39, 0.29) is 30.7 Å². The predicted molar refractivity (Wildman–Crippen MR) is 153 cm³/mol. The van der Waals surface area contributed by atoms with Crippen LogP contribution in [0.2, 0.25) is 5.02 Å². The van der Waals surface area contributed by atoms with Gasteiger partial charge in [0.2, 0.25) is 11.8 Å². The van der Waals surface area contributed by atoms with Gasteiger partial charge in [-0.1, -0.05) is 63.9 Å². The lowest BCUT2D eigenvalue weighted by molar-refractivity contribution is -0.129. The summed E-state index contributed by atoms with van der Waals surface area (Å²) in [6, 6.07) is 22.1. The number of fused-ring (bicyclic) bond motifs is 1. The monoisotopic (exact) mass is 580 g/mol. The molecule has 7 nitrogen and oxygen atoms in total. The fourth-order valence-corrected chi connectivity index (χ4v) is 4.47. The number of hydrogen-bond acceptors (Lipinski definition) is 4. The normalized spacial score (nSPS) is 13.5. The maximum Gasteiger partial charge on any atom is 0.258 e. The van der Waals surface area contributed by atoms with Crippen LogP contribution >= 0.6 is 27.5 Å². The van der Waals surface area contributed by atoms with Crippen LogP contribution in [0, 0.1) is 0 Å². The molecule has 3 amide bonds. The first-order valence-corrected chi connectivity index (χ1v) is 13.1. The Balaban J connectivity index is 1.70. The van der Waals surface area contributed by atoms with Crippen molar-refractivity contribution < 1.29 is 14.4 Å². The Morgan fingerprint density at radius 2 is 1.68 bits per heavy atom. The van der Waals surface area contributed by atoms with E-state index >= 15 is 0 Å². The van der Waals surface area contributed by atoms with Gasteiger partial charge in [0.25, 0.3) is 5.91 Å². The fraction of sp³-hybridized carbons (Fsp3) is 0.179. The SMILES string of the molecule is CN(C)C(=O)CN(C(=O)CCBr)c1ccc(N/C(=C2\C(=O)Nc3cc(Cl)ccc32)c2ccccc2)cc1. The number of rotatable bonds is 8. The zero-order valence-corrected chi connectivity index (χ0v) is 22.8. The van der Waals surface area contributed by atoms with Crippen LogP contribution in [0.1, 0.15) is 17.5 Å². The lowest BCUT2D eigenvalue weighted by Gasteiger charge is -2.24. The van der Waals surface area contributed by atoms with E-state index in [1.807, 2.05) is 48.5 Å². The third kappa shape index (κ3) is 6.03. The number of anilines is 3. The van der Waals surface area contributed by atoms with Crippen LogP contribution in [0.25, 0.3) is 11.3 Å². The first-order valence-electron chi connectivity index (χ1n) is 11.6. The zero-order valence-electron chi connectivity index (χ0n) is 20.4. The Morgan fingerprint density at radius 1 is 0.973 bits per heavy atom. The molecule has 0 aromatic heterocycles. The molecular formula is C28H26BrClN4O3. The molecule has 0 fully saturated rings. The summed E-state index contributed by atoms with van der Waals surface area (Å²) in [5.74, 6) is -0.556. The predicted octanol–water partition coefficient (Wildman–Crippen LogP) is 5.48. The zero-order chi connectivity index (χ0) is 26.5. The van der Waals surface area contributed by atoms with E-state index in [4.69, 9.17) is 11.6 Å². The van der Waals surface area contributed by atoms with Crippen molar-refractivity contribution in [2.24, 2.45) is 0 Å². The molecule has 0 spiro atoms. The van der Waals surface area contributed by atoms with Gasteiger partial charge in [-0.15, -0.1) is 0 Å². The average Bonchev–Trinajstić information content (AvgIpc) is 3.21. The minimum Gasteiger partial charge on any atom is -0.354 e. The summed E-state index contributed by atoms with van der Waals surface area (Å²) in [5, 5.41) is 7.34. The van der Waals surface area contributed by atoms with E-state index in [2.05, 4.69) is 26.6 Å². The fourth-order valence-electron chi connectivity index (χ4n) is 3.96. The van der Waals surface area contributed by atoms with Crippen LogP contribution in [0.15, 0.2) is 72.8 Å². The molecule has 3 aromatic carbocycles. The molecule has 190 valence electrons.